The van der Waals surface area contributed by atoms with Crippen LogP contribution in [0.3, 0.4) is 0 Å². The van der Waals surface area contributed by atoms with Crippen molar-refractivity contribution in [2.24, 2.45) is 11.8 Å². The lowest BCUT2D eigenvalue weighted by molar-refractivity contribution is -0.137. The normalized spacial score (nSPS) is 18.9. The largest absolute Gasteiger partial charge is 0.497 e. The molecule has 0 aliphatic carbocycles. The lowest BCUT2D eigenvalue weighted by Crippen LogP contribution is -2.41. The van der Waals surface area contributed by atoms with Crippen LogP contribution in [0.1, 0.15) is 50.3 Å². The Kier molecular flexibility index (Phi) is 10.7. The van der Waals surface area contributed by atoms with E-state index in [-0.39, 0.29) is 12.3 Å². The van der Waals surface area contributed by atoms with E-state index in [4.69, 9.17) is 16.3 Å². The zero-order valence-corrected chi connectivity index (χ0v) is 23.4. The molecule has 0 spiro atoms. The molecule has 4 rings (SSSR count). The number of thioether (sulfide) groups is 1. The lowest BCUT2D eigenvalue weighted by atomic mass is 9.79. The highest BCUT2D eigenvalue weighted by atomic mass is 35.5. The molecule has 0 saturated carbocycles. The van der Waals surface area contributed by atoms with Gasteiger partial charge < -0.3 is 14.7 Å². The van der Waals surface area contributed by atoms with Crippen molar-refractivity contribution < 1.29 is 19.0 Å². The van der Waals surface area contributed by atoms with Gasteiger partial charge in [-0.3, -0.25) is 9.78 Å². The van der Waals surface area contributed by atoms with Crippen LogP contribution in [0.25, 0.3) is 10.9 Å². The van der Waals surface area contributed by atoms with Gasteiger partial charge in [0.1, 0.15) is 11.9 Å². The number of carboxylic acids is 1. The predicted molar refractivity (Wildman–Crippen MR) is 153 cm³/mol. The fraction of sp³-hybridized carbons (Fsp3) is 0.467. The van der Waals surface area contributed by atoms with E-state index in [0.717, 1.165) is 60.6 Å². The first-order valence-corrected chi connectivity index (χ1v) is 14.7. The molecule has 1 aliphatic rings. The summed E-state index contributed by atoms with van der Waals surface area (Å²) in [6.45, 7) is 2.86. The maximum Gasteiger partial charge on any atom is 0.303 e. The van der Waals surface area contributed by atoms with Crippen molar-refractivity contribution in [3.63, 3.8) is 0 Å². The van der Waals surface area contributed by atoms with Gasteiger partial charge >= 0.3 is 5.97 Å². The van der Waals surface area contributed by atoms with Gasteiger partial charge in [-0.15, -0.1) is 11.8 Å². The maximum absolute atomic E-state index is 15.6. The Morgan fingerprint density at radius 3 is 2.79 bits per heavy atom. The molecule has 38 heavy (non-hydrogen) atoms. The predicted octanol–water partition coefficient (Wildman–Crippen LogP) is 7.67. The molecule has 1 fully saturated rings. The number of methoxy groups -OCH3 is 1. The maximum atomic E-state index is 15.6. The number of alkyl halides is 1. The Morgan fingerprint density at radius 1 is 1.21 bits per heavy atom. The number of benzene rings is 2. The first-order chi connectivity index (χ1) is 18.4. The van der Waals surface area contributed by atoms with Crippen LogP contribution in [0.4, 0.5) is 4.39 Å². The molecule has 2 heterocycles. The van der Waals surface area contributed by atoms with Gasteiger partial charge in [0.25, 0.3) is 0 Å². The van der Waals surface area contributed by atoms with Crippen LogP contribution in [0.5, 0.6) is 5.75 Å². The third kappa shape index (κ3) is 8.08. The first kappa shape index (κ1) is 28.7. The third-order valence-corrected chi connectivity index (χ3v) is 8.87. The number of aliphatic carboxylic acids is 1. The second kappa shape index (κ2) is 14.2. The van der Waals surface area contributed by atoms with E-state index in [1.165, 1.54) is 4.90 Å². The number of hydrogen-bond acceptors (Lipinski definition) is 5. The molecule has 1 N–H and O–H groups in total. The topological polar surface area (TPSA) is 62.7 Å². The number of halogens is 2. The van der Waals surface area contributed by atoms with Gasteiger partial charge in [-0.1, -0.05) is 11.6 Å². The van der Waals surface area contributed by atoms with Crippen LogP contribution in [0, 0.1) is 11.8 Å². The molecule has 204 valence electrons. The number of carboxylic acid groups (broad SMARTS) is 1. The SMILES string of the molecule is COc1ccc2nccc(C(F)CC[C@@H]3CCN(CCCSc4ccc(Cl)cc4)C[C@@H]3CCC(=O)O)c2c1. The van der Waals surface area contributed by atoms with Crippen molar-refractivity contribution in [2.45, 2.75) is 49.6 Å². The van der Waals surface area contributed by atoms with Gasteiger partial charge in [-0.05, 0) is 117 Å². The Hall–Kier alpha value is -2.35. The Bertz CT molecular complexity index is 1200. The van der Waals surface area contributed by atoms with Crippen molar-refractivity contribution in [1.82, 2.24) is 9.88 Å². The second-order valence-corrected chi connectivity index (χ2v) is 11.6. The van der Waals surface area contributed by atoms with Gasteiger partial charge in [-0.2, -0.15) is 0 Å². The number of pyridine rings is 1. The fourth-order valence-electron chi connectivity index (χ4n) is 5.45. The third-order valence-electron chi connectivity index (χ3n) is 7.52. The highest BCUT2D eigenvalue weighted by molar-refractivity contribution is 7.99. The zero-order valence-electron chi connectivity index (χ0n) is 21.8. The van der Waals surface area contributed by atoms with E-state index in [0.29, 0.717) is 30.1 Å². The van der Waals surface area contributed by atoms with E-state index in [9.17, 15) is 9.90 Å². The van der Waals surface area contributed by atoms with Crippen molar-refractivity contribution in [1.29, 1.82) is 0 Å². The minimum atomic E-state index is -1.10. The summed E-state index contributed by atoms with van der Waals surface area (Å²) in [5.41, 5.74) is 1.40. The standard InChI is InChI=1S/C30H36ClFN2O3S/c1-37-24-7-11-29-27(19-24)26(13-15-33-29)28(32)10-3-21-14-17-34(20-22(21)4-12-30(35)36)16-2-18-38-25-8-5-23(31)6-9-25/h5-9,11,13,15,19,21-22,28H,2-4,10,12,14,16-18,20H2,1H3,(H,35,36)/t21-,22+,28?/m1/s1. The molecule has 1 aliphatic heterocycles. The number of ether oxygens (including phenoxy) is 1. The summed E-state index contributed by atoms with van der Waals surface area (Å²) >= 11 is 7.80. The molecule has 1 aromatic heterocycles. The number of nitrogens with zero attached hydrogens (tertiary/aromatic N) is 2. The lowest BCUT2D eigenvalue weighted by Gasteiger charge is -2.39. The van der Waals surface area contributed by atoms with Crippen molar-refractivity contribution in [3.8, 4) is 5.75 Å². The average Bonchev–Trinajstić information content (AvgIpc) is 2.93. The average molecular weight is 559 g/mol. The van der Waals surface area contributed by atoms with Crippen LogP contribution in [-0.2, 0) is 4.79 Å². The Morgan fingerprint density at radius 2 is 2.03 bits per heavy atom. The highest BCUT2D eigenvalue weighted by Crippen LogP contribution is 2.36. The number of piperidine rings is 1. The quantitative estimate of drug-likeness (QED) is 0.171. The van der Waals surface area contributed by atoms with E-state index < -0.39 is 12.1 Å². The van der Waals surface area contributed by atoms with Crippen molar-refractivity contribution in [2.75, 3.05) is 32.5 Å². The molecule has 5 nitrogen and oxygen atoms in total. The van der Waals surface area contributed by atoms with Gasteiger partial charge in [0.15, 0.2) is 0 Å². The van der Waals surface area contributed by atoms with Gasteiger partial charge in [0.2, 0.25) is 0 Å². The molecular formula is C30H36ClFN2O3S. The zero-order chi connectivity index (χ0) is 26.9. The van der Waals surface area contributed by atoms with E-state index in [2.05, 4.69) is 9.88 Å². The van der Waals surface area contributed by atoms with Crippen molar-refractivity contribution >= 4 is 40.2 Å². The minimum absolute atomic E-state index is 0.162. The number of carbonyl (C=O) groups is 1. The summed E-state index contributed by atoms with van der Waals surface area (Å²) < 4.78 is 20.9. The van der Waals surface area contributed by atoms with Crippen LogP contribution < -0.4 is 4.74 Å². The number of hydrogen-bond donors (Lipinski definition) is 1. The Balaban J connectivity index is 1.31. The molecule has 0 radical (unpaired) electrons. The molecule has 0 amide bonds. The summed E-state index contributed by atoms with van der Waals surface area (Å²) in [6.07, 6.45) is 4.58. The molecule has 1 unspecified atom stereocenters. The Labute approximate surface area is 233 Å². The molecule has 3 atom stereocenters. The van der Waals surface area contributed by atoms with Gasteiger partial charge in [-0.25, -0.2) is 4.39 Å². The molecular weight excluding hydrogens is 523 g/mol. The highest BCUT2D eigenvalue weighted by Gasteiger charge is 2.30. The summed E-state index contributed by atoms with van der Waals surface area (Å²) in [5.74, 6) is 1.54. The summed E-state index contributed by atoms with van der Waals surface area (Å²) in [4.78, 5) is 19.4. The number of fused-ring (bicyclic) bond motifs is 1. The number of aromatic nitrogens is 1. The minimum Gasteiger partial charge on any atom is -0.497 e. The van der Waals surface area contributed by atoms with Crippen molar-refractivity contribution in [3.05, 3.63) is 65.3 Å². The summed E-state index contributed by atoms with van der Waals surface area (Å²) in [6, 6.07) is 15.2. The second-order valence-electron chi connectivity index (χ2n) is 10.0. The van der Waals surface area contributed by atoms with E-state index in [1.807, 2.05) is 54.2 Å². The molecule has 0 bridgehead atoms. The van der Waals surface area contributed by atoms with E-state index >= 15 is 4.39 Å². The van der Waals surface area contributed by atoms with Crippen LogP contribution in [-0.4, -0.2) is 53.5 Å². The molecule has 2 aromatic carbocycles. The van der Waals surface area contributed by atoms with Gasteiger partial charge in [0.05, 0.1) is 12.6 Å². The fourth-order valence-corrected chi connectivity index (χ4v) is 6.41. The number of rotatable bonds is 13. The molecule has 3 aromatic rings. The van der Waals surface area contributed by atoms with Crippen LogP contribution >= 0.6 is 23.4 Å². The molecule has 8 heteroatoms. The first-order valence-electron chi connectivity index (χ1n) is 13.3. The van der Waals surface area contributed by atoms with Gasteiger partial charge in [0, 0.05) is 34.5 Å². The smallest absolute Gasteiger partial charge is 0.303 e. The summed E-state index contributed by atoms with van der Waals surface area (Å²) in [5, 5.41) is 10.8. The summed E-state index contributed by atoms with van der Waals surface area (Å²) in [7, 11) is 1.60. The number of likely N-dealkylation sites (tertiary alicyclic amines) is 1. The van der Waals surface area contributed by atoms with Crippen LogP contribution in [0.15, 0.2) is 59.6 Å². The van der Waals surface area contributed by atoms with Crippen LogP contribution in [0.2, 0.25) is 5.02 Å². The van der Waals surface area contributed by atoms with E-state index in [1.54, 1.807) is 19.4 Å². The molecule has 1 saturated heterocycles. The monoisotopic (exact) mass is 558 g/mol.